The molecule has 4 rings (SSSR count). The van der Waals surface area contributed by atoms with Crippen molar-refractivity contribution < 1.29 is 9.21 Å². The lowest BCUT2D eigenvalue weighted by Crippen LogP contribution is -2.18. The molecule has 0 bridgehead atoms. The maximum absolute atomic E-state index is 12.9. The number of hydrogen-bond acceptors (Lipinski definition) is 4. The van der Waals surface area contributed by atoms with Crippen LogP contribution >= 0.6 is 0 Å². The second kappa shape index (κ2) is 8.33. The smallest absolute Gasteiger partial charge is 0.272 e. The van der Waals surface area contributed by atoms with E-state index in [2.05, 4.69) is 36.5 Å². The number of benzene rings is 2. The third-order valence-corrected chi connectivity index (χ3v) is 4.95. The first-order chi connectivity index (χ1) is 14.5. The molecule has 0 atom stereocenters. The van der Waals surface area contributed by atoms with Crippen LogP contribution in [0, 0.1) is 6.92 Å². The van der Waals surface area contributed by atoms with Crippen LogP contribution in [0.4, 0.5) is 0 Å². The molecule has 0 fully saturated rings. The number of furan rings is 1. The Morgan fingerprint density at radius 2 is 1.83 bits per heavy atom. The Labute approximate surface area is 175 Å². The van der Waals surface area contributed by atoms with E-state index in [-0.39, 0.29) is 5.91 Å². The molecule has 0 saturated heterocycles. The number of aromatic nitrogens is 1. The molecule has 1 amide bonds. The zero-order valence-corrected chi connectivity index (χ0v) is 17.2. The van der Waals surface area contributed by atoms with Gasteiger partial charge < -0.3 is 4.42 Å². The number of hydrogen-bond donors (Lipinski definition) is 1. The minimum atomic E-state index is -0.298. The van der Waals surface area contributed by atoms with Crippen LogP contribution in [-0.2, 0) is 0 Å². The Kier molecular flexibility index (Phi) is 5.44. The van der Waals surface area contributed by atoms with Gasteiger partial charge in [-0.3, -0.25) is 4.79 Å². The van der Waals surface area contributed by atoms with Crippen molar-refractivity contribution in [3.05, 3.63) is 89.4 Å². The molecule has 0 aliphatic heterocycles. The molecule has 1 N–H and O–H groups in total. The Hall–Kier alpha value is -3.73. The molecule has 2 heterocycles. The predicted octanol–water partition coefficient (Wildman–Crippen LogP) is 5.69. The maximum atomic E-state index is 12.9. The Morgan fingerprint density at radius 1 is 1.07 bits per heavy atom. The number of aryl methyl sites for hydroxylation is 1. The third kappa shape index (κ3) is 4.15. The molecule has 2 aromatic carbocycles. The average molecular weight is 397 g/mol. The van der Waals surface area contributed by atoms with Gasteiger partial charge in [-0.1, -0.05) is 56.3 Å². The first-order valence-electron chi connectivity index (χ1n) is 9.91. The zero-order valence-electron chi connectivity index (χ0n) is 17.2. The fourth-order valence-electron chi connectivity index (χ4n) is 3.29. The molecule has 150 valence electrons. The number of hydrazone groups is 1. The van der Waals surface area contributed by atoms with Gasteiger partial charge in [-0.25, -0.2) is 10.4 Å². The number of rotatable bonds is 5. The number of fused-ring (bicyclic) bond motifs is 1. The van der Waals surface area contributed by atoms with E-state index < -0.39 is 0 Å². The fourth-order valence-corrected chi connectivity index (χ4v) is 3.29. The molecule has 0 saturated carbocycles. The van der Waals surface area contributed by atoms with Crippen molar-refractivity contribution in [2.24, 2.45) is 5.10 Å². The number of para-hydroxylation sites is 1. The van der Waals surface area contributed by atoms with Crippen molar-refractivity contribution in [1.82, 2.24) is 10.4 Å². The van der Waals surface area contributed by atoms with Gasteiger partial charge in [-0.05, 0) is 42.7 Å². The maximum Gasteiger partial charge on any atom is 0.272 e. The monoisotopic (exact) mass is 397 g/mol. The molecule has 0 aliphatic carbocycles. The molecule has 0 radical (unpaired) electrons. The summed E-state index contributed by atoms with van der Waals surface area (Å²) in [6, 6.07) is 21.4. The van der Waals surface area contributed by atoms with Crippen molar-refractivity contribution in [1.29, 1.82) is 0 Å². The normalized spacial score (nSPS) is 11.5. The quantitative estimate of drug-likeness (QED) is 0.347. The highest BCUT2D eigenvalue weighted by Gasteiger charge is 2.14. The van der Waals surface area contributed by atoms with Gasteiger partial charge in [0.25, 0.3) is 5.91 Å². The van der Waals surface area contributed by atoms with Crippen LogP contribution in [0.1, 0.15) is 47.2 Å². The molecule has 30 heavy (non-hydrogen) atoms. The molecule has 0 aliphatic rings. The Balaban J connectivity index is 1.67. The molecule has 5 nitrogen and oxygen atoms in total. The molecule has 0 spiro atoms. The number of carbonyl (C=O) groups is 1. The lowest BCUT2D eigenvalue weighted by atomic mass is 9.99. The summed E-state index contributed by atoms with van der Waals surface area (Å²) in [7, 11) is 0. The fraction of sp³-hybridized carbons (Fsp3) is 0.160. The van der Waals surface area contributed by atoms with E-state index in [1.807, 2.05) is 55.5 Å². The number of pyridine rings is 1. The second-order valence-corrected chi connectivity index (χ2v) is 7.50. The molecular formula is C25H23N3O2. The minimum absolute atomic E-state index is 0.298. The summed E-state index contributed by atoms with van der Waals surface area (Å²) in [6.07, 6.45) is 1.49. The number of carbonyl (C=O) groups excluding carboxylic acids is 1. The summed E-state index contributed by atoms with van der Waals surface area (Å²) in [4.78, 5) is 17.7. The summed E-state index contributed by atoms with van der Waals surface area (Å²) < 4.78 is 5.43. The summed E-state index contributed by atoms with van der Waals surface area (Å²) in [5.74, 6) is 1.53. The summed E-state index contributed by atoms with van der Waals surface area (Å²) in [6.45, 7) is 6.18. The lowest BCUT2D eigenvalue weighted by molar-refractivity contribution is 0.0956. The zero-order chi connectivity index (χ0) is 21.1. The van der Waals surface area contributed by atoms with E-state index in [1.165, 1.54) is 11.8 Å². The topological polar surface area (TPSA) is 67.5 Å². The first-order valence-corrected chi connectivity index (χ1v) is 9.91. The van der Waals surface area contributed by atoms with Crippen LogP contribution in [0.3, 0.4) is 0 Å². The van der Waals surface area contributed by atoms with Gasteiger partial charge in [-0.2, -0.15) is 5.10 Å². The van der Waals surface area contributed by atoms with Crippen LogP contribution in [0.15, 0.2) is 76.2 Å². The van der Waals surface area contributed by atoms with E-state index in [4.69, 9.17) is 9.40 Å². The van der Waals surface area contributed by atoms with Crippen LogP contribution in [0.2, 0.25) is 0 Å². The van der Waals surface area contributed by atoms with Crippen LogP contribution < -0.4 is 5.43 Å². The van der Waals surface area contributed by atoms with Crippen LogP contribution in [0.5, 0.6) is 0 Å². The lowest BCUT2D eigenvalue weighted by Gasteiger charge is -2.10. The number of nitrogens with one attached hydrogen (secondary N) is 1. The summed E-state index contributed by atoms with van der Waals surface area (Å²) in [5.41, 5.74) is 6.86. The minimum Gasteiger partial charge on any atom is -0.460 e. The Morgan fingerprint density at radius 3 is 2.53 bits per heavy atom. The highest BCUT2D eigenvalue weighted by Crippen LogP contribution is 2.26. The molecule has 2 aromatic heterocycles. The van der Waals surface area contributed by atoms with Crippen molar-refractivity contribution in [2.45, 2.75) is 26.7 Å². The Bertz CT molecular complexity index is 1220. The van der Waals surface area contributed by atoms with Crippen LogP contribution in [0.25, 0.3) is 22.2 Å². The predicted molar refractivity (Wildman–Crippen MR) is 120 cm³/mol. The SMILES string of the molecule is Cc1ccc(/C=N\NC(=O)c2cc(-c3ccc(C(C)C)cc3)nc3ccccc23)o1. The summed E-state index contributed by atoms with van der Waals surface area (Å²) >= 11 is 0. The second-order valence-electron chi connectivity index (χ2n) is 7.50. The van der Waals surface area contributed by atoms with E-state index in [9.17, 15) is 4.79 Å². The molecule has 0 unspecified atom stereocenters. The number of amides is 1. The highest BCUT2D eigenvalue weighted by atomic mass is 16.3. The average Bonchev–Trinajstić information content (AvgIpc) is 3.17. The van der Waals surface area contributed by atoms with Gasteiger partial charge in [0.05, 0.1) is 23.0 Å². The largest absolute Gasteiger partial charge is 0.460 e. The molecule has 5 heteroatoms. The third-order valence-electron chi connectivity index (χ3n) is 4.95. The molecular weight excluding hydrogens is 374 g/mol. The standard InChI is InChI=1S/C25H23N3O2/c1-16(2)18-9-11-19(12-10-18)24-14-22(21-6-4-5-7-23(21)27-24)25(29)28-26-15-20-13-8-17(3)30-20/h4-16H,1-3H3,(H,28,29)/b26-15-. The molecule has 4 aromatic rings. The van der Waals surface area contributed by atoms with Crippen LogP contribution in [-0.4, -0.2) is 17.1 Å². The highest BCUT2D eigenvalue weighted by molar-refractivity contribution is 6.07. The van der Waals surface area contributed by atoms with Gasteiger partial charge >= 0.3 is 0 Å². The van der Waals surface area contributed by atoms with Crippen molar-refractivity contribution in [3.63, 3.8) is 0 Å². The van der Waals surface area contributed by atoms with Crippen molar-refractivity contribution >= 4 is 23.0 Å². The van der Waals surface area contributed by atoms with E-state index in [0.29, 0.717) is 17.2 Å². The van der Waals surface area contributed by atoms with Gasteiger partial charge in [0.15, 0.2) is 0 Å². The van der Waals surface area contributed by atoms with E-state index in [0.717, 1.165) is 27.9 Å². The number of nitrogens with zero attached hydrogens (tertiary/aromatic N) is 2. The van der Waals surface area contributed by atoms with Crippen molar-refractivity contribution in [3.8, 4) is 11.3 Å². The first kappa shape index (κ1) is 19.6. The van der Waals surface area contributed by atoms with Gasteiger partial charge in [0.1, 0.15) is 11.5 Å². The van der Waals surface area contributed by atoms with E-state index in [1.54, 1.807) is 6.07 Å². The summed E-state index contributed by atoms with van der Waals surface area (Å²) in [5, 5.41) is 4.81. The van der Waals surface area contributed by atoms with Gasteiger partial charge in [-0.15, -0.1) is 0 Å². The van der Waals surface area contributed by atoms with Gasteiger partial charge in [0, 0.05) is 10.9 Å². The van der Waals surface area contributed by atoms with E-state index >= 15 is 0 Å². The van der Waals surface area contributed by atoms with Gasteiger partial charge in [0.2, 0.25) is 0 Å². The van der Waals surface area contributed by atoms with Crippen molar-refractivity contribution in [2.75, 3.05) is 0 Å².